The topological polar surface area (TPSA) is 40.5 Å². The molecule has 1 N–H and O–H groups in total. The number of benzene rings is 2. The normalized spacial score (nSPS) is 10.4. The summed E-state index contributed by atoms with van der Waals surface area (Å²) in [7, 11) is 0. The van der Waals surface area contributed by atoms with Crippen LogP contribution in [-0.4, -0.2) is 17.6 Å². The molecule has 0 unspecified atom stereocenters. The summed E-state index contributed by atoms with van der Waals surface area (Å²) in [5.41, 5.74) is 4.75. The molecule has 0 aliphatic carbocycles. The van der Waals surface area contributed by atoms with E-state index in [0.29, 0.717) is 6.54 Å². The third-order valence-corrected chi connectivity index (χ3v) is 3.58. The summed E-state index contributed by atoms with van der Waals surface area (Å²) in [5, 5.41) is 8.95. The highest BCUT2D eigenvalue weighted by molar-refractivity contribution is 5.67. The van der Waals surface area contributed by atoms with Crippen molar-refractivity contribution in [3.63, 3.8) is 0 Å². The molecule has 0 atom stereocenters. The molecule has 3 nitrogen and oxygen atoms in total. The van der Waals surface area contributed by atoms with Crippen molar-refractivity contribution in [1.82, 2.24) is 0 Å². The van der Waals surface area contributed by atoms with Crippen LogP contribution < -0.4 is 4.90 Å². The molecule has 2 aromatic carbocycles. The summed E-state index contributed by atoms with van der Waals surface area (Å²) in [4.78, 5) is 13.0. The highest BCUT2D eigenvalue weighted by Gasteiger charge is 2.11. The maximum absolute atomic E-state index is 10.9. The molecular formula is C18H21NO2. The standard InChI is InChI=1S/C18H21NO2/c1-14-8-9-15(2)16(12-14)13-19(11-10-18(20)21)17-6-4-3-5-7-17/h3-9,12H,10-11,13H2,1-2H3,(H,20,21). The molecule has 0 saturated heterocycles. The van der Waals surface area contributed by atoms with E-state index in [9.17, 15) is 4.79 Å². The minimum absolute atomic E-state index is 0.139. The van der Waals surface area contributed by atoms with Gasteiger partial charge < -0.3 is 10.0 Å². The third kappa shape index (κ3) is 4.35. The molecule has 2 rings (SSSR count). The monoisotopic (exact) mass is 283 g/mol. The number of anilines is 1. The zero-order chi connectivity index (χ0) is 15.2. The Morgan fingerprint density at radius 2 is 1.81 bits per heavy atom. The molecular weight excluding hydrogens is 262 g/mol. The molecule has 110 valence electrons. The second-order valence-corrected chi connectivity index (χ2v) is 5.33. The van der Waals surface area contributed by atoms with Crippen LogP contribution in [-0.2, 0) is 11.3 Å². The molecule has 0 bridgehead atoms. The predicted octanol–water partition coefficient (Wildman–Crippen LogP) is 3.78. The Morgan fingerprint density at radius 3 is 2.48 bits per heavy atom. The summed E-state index contributed by atoms with van der Waals surface area (Å²) in [6, 6.07) is 16.4. The van der Waals surface area contributed by atoms with Crippen molar-refractivity contribution in [1.29, 1.82) is 0 Å². The Morgan fingerprint density at radius 1 is 1.10 bits per heavy atom. The van der Waals surface area contributed by atoms with Crippen molar-refractivity contribution in [3.8, 4) is 0 Å². The zero-order valence-electron chi connectivity index (χ0n) is 12.5. The van der Waals surface area contributed by atoms with Crippen LogP contribution in [0.4, 0.5) is 5.69 Å². The molecule has 0 fully saturated rings. The number of para-hydroxylation sites is 1. The van der Waals surface area contributed by atoms with E-state index in [4.69, 9.17) is 5.11 Å². The van der Waals surface area contributed by atoms with Crippen molar-refractivity contribution in [2.45, 2.75) is 26.8 Å². The van der Waals surface area contributed by atoms with Crippen molar-refractivity contribution >= 4 is 11.7 Å². The Hall–Kier alpha value is -2.29. The molecule has 0 spiro atoms. The van der Waals surface area contributed by atoms with E-state index >= 15 is 0 Å². The SMILES string of the molecule is Cc1ccc(C)c(CN(CCC(=O)O)c2ccccc2)c1. The third-order valence-electron chi connectivity index (χ3n) is 3.58. The first-order valence-electron chi connectivity index (χ1n) is 7.14. The van der Waals surface area contributed by atoms with Crippen molar-refractivity contribution in [3.05, 3.63) is 65.2 Å². The van der Waals surface area contributed by atoms with Gasteiger partial charge in [-0.1, -0.05) is 42.0 Å². The van der Waals surface area contributed by atoms with Gasteiger partial charge in [-0.2, -0.15) is 0 Å². The Labute approximate surface area is 125 Å². The summed E-state index contributed by atoms with van der Waals surface area (Å²) < 4.78 is 0. The molecule has 0 heterocycles. The van der Waals surface area contributed by atoms with E-state index in [-0.39, 0.29) is 6.42 Å². The second kappa shape index (κ2) is 6.93. The van der Waals surface area contributed by atoms with Gasteiger partial charge in [-0.15, -0.1) is 0 Å². The Balaban J connectivity index is 2.23. The maximum atomic E-state index is 10.9. The van der Waals surface area contributed by atoms with Crippen LogP contribution in [0.15, 0.2) is 48.5 Å². The number of rotatable bonds is 6. The van der Waals surface area contributed by atoms with Gasteiger partial charge in [-0.25, -0.2) is 0 Å². The summed E-state index contributed by atoms with van der Waals surface area (Å²) in [6.45, 7) is 5.40. The lowest BCUT2D eigenvalue weighted by molar-refractivity contribution is -0.136. The van der Waals surface area contributed by atoms with E-state index in [0.717, 1.165) is 12.2 Å². The lowest BCUT2D eigenvalue weighted by Gasteiger charge is -2.25. The van der Waals surface area contributed by atoms with Gasteiger partial charge in [-0.05, 0) is 37.1 Å². The van der Waals surface area contributed by atoms with Crippen molar-refractivity contribution < 1.29 is 9.90 Å². The number of nitrogens with zero attached hydrogens (tertiary/aromatic N) is 1. The summed E-state index contributed by atoms with van der Waals surface area (Å²) in [6.07, 6.45) is 0.139. The lowest BCUT2D eigenvalue weighted by atomic mass is 10.0. The van der Waals surface area contributed by atoms with Crippen LogP contribution in [0.25, 0.3) is 0 Å². The minimum atomic E-state index is -0.767. The van der Waals surface area contributed by atoms with Crippen LogP contribution in [0.5, 0.6) is 0 Å². The van der Waals surface area contributed by atoms with Gasteiger partial charge in [0.15, 0.2) is 0 Å². The molecule has 0 radical (unpaired) electrons. The highest BCUT2D eigenvalue weighted by Crippen LogP contribution is 2.20. The fourth-order valence-electron chi connectivity index (χ4n) is 2.35. The molecule has 0 amide bonds. The molecule has 2 aromatic rings. The number of hydrogen-bond acceptors (Lipinski definition) is 2. The van der Waals surface area contributed by atoms with E-state index in [1.807, 2.05) is 30.3 Å². The highest BCUT2D eigenvalue weighted by atomic mass is 16.4. The zero-order valence-corrected chi connectivity index (χ0v) is 12.5. The molecule has 0 saturated carbocycles. The van der Waals surface area contributed by atoms with Gasteiger partial charge in [-0.3, -0.25) is 4.79 Å². The van der Waals surface area contributed by atoms with Crippen LogP contribution in [0.3, 0.4) is 0 Å². The molecule has 0 aliphatic heterocycles. The van der Waals surface area contributed by atoms with Gasteiger partial charge in [0.05, 0.1) is 6.42 Å². The maximum Gasteiger partial charge on any atom is 0.305 e. The number of carboxylic acid groups (broad SMARTS) is 1. The quantitative estimate of drug-likeness (QED) is 0.877. The number of carboxylic acids is 1. The Bertz CT molecular complexity index is 608. The van der Waals surface area contributed by atoms with E-state index in [2.05, 4.69) is 36.9 Å². The minimum Gasteiger partial charge on any atom is -0.481 e. The number of aryl methyl sites for hydroxylation is 2. The molecule has 0 aromatic heterocycles. The average molecular weight is 283 g/mol. The summed E-state index contributed by atoms with van der Waals surface area (Å²) in [5.74, 6) is -0.767. The first kappa shape index (κ1) is 15.1. The van der Waals surface area contributed by atoms with E-state index in [1.165, 1.54) is 16.7 Å². The average Bonchev–Trinajstić information content (AvgIpc) is 2.47. The van der Waals surface area contributed by atoms with Crippen LogP contribution in [0, 0.1) is 13.8 Å². The summed E-state index contributed by atoms with van der Waals surface area (Å²) >= 11 is 0. The number of hydrogen-bond donors (Lipinski definition) is 1. The number of carbonyl (C=O) groups is 1. The van der Waals surface area contributed by atoms with Gasteiger partial charge in [0.2, 0.25) is 0 Å². The Kier molecular flexibility index (Phi) is 4.99. The molecule has 21 heavy (non-hydrogen) atoms. The van der Waals surface area contributed by atoms with E-state index < -0.39 is 5.97 Å². The van der Waals surface area contributed by atoms with Crippen LogP contribution >= 0.6 is 0 Å². The molecule has 3 heteroatoms. The predicted molar refractivity (Wildman–Crippen MR) is 85.7 cm³/mol. The van der Waals surface area contributed by atoms with Crippen molar-refractivity contribution in [2.75, 3.05) is 11.4 Å². The smallest absolute Gasteiger partial charge is 0.305 e. The van der Waals surface area contributed by atoms with Gasteiger partial charge in [0.25, 0.3) is 0 Å². The number of aliphatic carboxylic acids is 1. The van der Waals surface area contributed by atoms with Crippen LogP contribution in [0.2, 0.25) is 0 Å². The fraction of sp³-hybridized carbons (Fsp3) is 0.278. The van der Waals surface area contributed by atoms with E-state index in [1.54, 1.807) is 0 Å². The van der Waals surface area contributed by atoms with Crippen molar-refractivity contribution in [2.24, 2.45) is 0 Å². The largest absolute Gasteiger partial charge is 0.481 e. The lowest BCUT2D eigenvalue weighted by Crippen LogP contribution is -2.26. The fourth-order valence-corrected chi connectivity index (χ4v) is 2.35. The molecule has 0 aliphatic rings. The first-order valence-corrected chi connectivity index (χ1v) is 7.14. The second-order valence-electron chi connectivity index (χ2n) is 5.33. The van der Waals surface area contributed by atoms with Crippen LogP contribution in [0.1, 0.15) is 23.1 Å². The van der Waals surface area contributed by atoms with Gasteiger partial charge >= 0.3 is 5.97 Å². The van der Waals surface area contributed by atoms with Gasteiger partial charge in [0, 0.05) is 18.8 Å². The van der Waals surface area contributed by atoms with Gasteiger partial charge in [0.1, 0.15) is 0 Å². The first-order chi connectivity index (χ1) is 10.1.